The predicted molar refractivity (Wildman–Crippen MR) is 254 cm³/mol. The van der Waals surface area contributed by atoms with E-state index in [1.165, 1.54) is 43.1 Å². The van der Waals surface area contributed by atoms with E-state index in [2.05, 4.69) is 85.4 Å². The molecule has 0 aliphatic carbocycles. The van der Waals surface area contributed by atoms with Crippen molar-refractivity contribution < 1.29 is 19.1 Å². The van der Waals surface area contributed by atoms with Crippen molar-refractivity contribution in [3.05, 3.63) is 88.6 Å². The maximum atomic E-state index is 13.2. The number of nitrogens with zero attached hydrogens (tertiary/aromatic N) is 6. The molecule has 1 unspecified atom stereocenters. The minimum Gasteiger partial charge on any atom is -0.494 e. The molecule has 5 heterocycles. The normalized spacial score (nSPS) is 18.8. The van der Waals surface area contributed by atoms with Crippen molar-refractivity contribution >= 4 is 71.4 Å². The Hall–Kier alpha value is -4.81. The van der Waals surface area contributed by atoms with Crippen LogP contribution in [0.15, 0.2) is 66.9 Å². The number of carbonyl (C=O) groups excluding carboxylic acids is 3. The number of para-hydroxylation sites is 1. The fraction of sp³-hybridized carbons (Fsp3) is 0.479. The van der Waals surface area contributed by atoms with Crippen LogP contribution >= 0.6 is 19.5 Å². The molecule has 3 aromatic carbocycles. The number of carbonyl (C=O) groups is 3. The van der Waals surface area contributed by atoms with Crippen LogP contribution in [0.3, 0.4) is 0 Å². The minimum atomic E-state index is -0.570. The first-order valence-electron chi connectivity index (χ1n) is 22.6. The number of anilines is 5. The van der Waals surface area contributed by atoms with Crippen molar-refractivity contribution in [2.45, 2.75) is 82.8 Å². The second kappa shape index (κ2) is 20.8. The van der Waals surface area contributed by atoms with Crippen molar-refractivity contribution in [1.82, 2.24) is 30.0 Å². The predicted octanol–water partition coefficient (Wildman–Crippen LogP) is 7.53. The van der Waals surface area contributed by atoms with Crippen LogP contribution in [0.2, 0.25) is 5.02 Å². The molecule has 4 aliphatic rings. The first kappa shape index (κ1) is 44.8. The Balaban J connectivity index is 0.727. The first-order valence-corrected chi connectivity index (χ1v) is 25.2. The molecular weight excluding hydrogens is 833 g/mol. The van der Waals surface area contributed by atoms with Crippen LogP contribution in [0.4, 0.5) is 28.8 Å². The van der Waals surface area contributed by atoms with E-state index in [1.807, 2.05) is 24.3 Å². The lowest BCUT2D eigenvalue weighted by molar-refractivity contribution is -0.136. The van der Waals surface area contributed by atoms with E-state index < -0.39 is 6.04 Å². The number of ether oxygens (including phenoxy) is 1. The molecule has 3 N–H and O–H groups in total. The lowest BCUT2D eigenvalue weighted by Gasteiger charge is -2.43. The number of imide groups is 1. The SMILES string of the molecule is COc1cc(N2CCC(N3CCN(CCCCCCCc4cccc5c4CN(C4CCC(=O)NC4=O)C5=O)CC3)CC2)ccc1Nc1ncc(Cl)c(Nc2ccccc2P(C)C)n1. The molecule has 3 amide bonds. The Morgan fingerprint density at radius 2 is 1.63 bits per heavy atom. The summed E-state index contributed by atoms with van der Waals surface area (Å²) in [4.78, 5) is 55.9. The number of rotatable bonds is 17. The second-order valence-electron chi connectivity index (χ2n) is 17.4. The van der Waals surface area contributed by atoms with Gasteiger partial charge in [-0.05, 0) is 99.1 Å². The molecule has 3 saturated heterocycles. The molecule has 0 saturated carbocycles. The van der Waals surface area contributed by atoms with Crippen molar-refractivity contribution in [2.24, 2.45) is 0 Å². The molecular formula is C48H61ClN9O4P. The summed E-state index contributed by atoms with van der Waals surface area (Å²) in [6.45, 7) is 12.7. The molecule has 13 nitrogen and oxygen atoms in total. The van der Waals surface area contributed by atoms with Crippen LogP contribution < -0.4 is 30.9 Å². The van der Waals surface area contributed by atoms with Crippen LogP contribution in [-0.4, -0.2) is 121 Å². The number of hydrogen-bond acceptors (Lipinski definition) is 11. The lowest BCUT2D eigenvalue weighted by atomic mass is 9.98. The minimum absolute atomic E-state index is 0.0967. The Bertz CT molecular complexity index is 2260. The fourth-order valence-electron chi connectivity index (χ4n) is 9.62. The summed E-state index contributed by atoms with van der Waals surface area (Å²) in [6.07, 6.45) is 11.4. The number of halogens is 1. The first-order chi connectivity index (χ1) is 30.6. The Labute approximate surface area is 378 Å². The number of aromatic nitrogens is 2. The quantitative estimate of drug-likeness (QED) is 0.0552. The van der Waals surface area contributed by atoms with Gasteiger partial charge in [-0.2, -0.15) is 4.98 Å². The van der Waals surface area contributed by atoms with Crippen LogP contribution in [0.5, 0.6) is 5.75 Å². The zero-order chi connectivity index (χ0) is 43.9. The number of hydrogen-bond donors (Lipinski definition) is 3. The molecule has 4 aliphatic heterocycles. The van der Waals surface area contributed by atoms with Gasteiger partial charge in [0.1, 0.15) is 16.8 Å². The van der Waals surface area contributed by atoms with E-state index >= 15 is 0 Å². The van der Waals surface area contributed by atoms with E-state index in [0.29, 0.717) is 41.4 Å². The van der Waals surface area contributed by atoms with Gasteiger partial charge < -0.3 is 30.1 Å². The van der Waals surface area contributed by atoms with Gasteiger partial charge in [-0.15, -0.1) is 0 Å². The Kier molecular flexibility index (Phi) is 14.8. The highest BCUT2D eigenvalue weighted by atomic mass is 35.5. The average molecular weight is 895 g/mol. The molecule has 0 spiro atoms. The number of fused-ring (bicyclic) bond motifs is 1. The van der Waals surface area contributed by atoms with Gasteiger partial charge in [-0.3, -0.25) is 24.6 Å². The number of aryl methyl sites for hydroxylation is 1. The van der Waals surface area contributed by atoms with Crippen molar-refractivity contribution in [1.29, 1.82) is 0 Å². The molecule has 334 valence electrons. The summed E-state index contributed by atoms with van der Waals surface area (Å²) in [5, 5.41) is 10.9. The van der Waals surface area contributed by atoms with E-state index in [-0.39, 0.29) is 32.1 Å². The number of benzene rings is 3. The number of amides is 3. The van der Waals surface area contributed by atoms with Gasteiger partial charge in [0.05, 0.1) is 19.0 Å². The van der Waals surface area contributed by atoms with Gasteiger partial charge in [0.2, 0.25) is 17.8 Å². The molecule has 3 fully saturated rings. The topological polar surface area (TPSA) is 135 Å². The molecule has 8 rings (SSSR count). The summed E-state index contributed by atoms with van der Waals surface area (Å²) >= 11 is 6.53. The number of methoxy groups -OCH3 is 1. The summed E-state index contributed by atoms with van der Waals surface area (Å²) in [5.74, 6) is 1.01. The largest absolute Gasteiger partial charge is 0.494 e. The summed E-state index contributed by atoms with van der Waals surface area (Å²) in [7, 11) is 1.39. The highest BCUT2D eigenvalue weighted by Crippen LogP contribution is 2.36. The fourth-order valence-corrected chi connectivity index (χ4v) is 10.8. The average Bonchev–Trinajstić information content (AvgIpc) is 3.63. The summed E-state index contributed by atoms with van der Waals surface area (Å²) in [5.41, 5.74) is 5.92. The van der Waals surface area contributed by atoms with Crippen LogP contribution in [-0.2, 0) is 22.6 Å². The molecule has 1 atom stereocenters. The summed E-state index contributed by atoms with van der Waals surface area (Å²) in [6, 6.07) is 20.6. The highest BCUT2D eigenvalue weighted by molar-refractivity contribution is 7.64. The number of piperazine rings is 1. The molecule has 15 heteroatoms. The third-order valence-electron chi connectivity index (χ3n) is 13.2. The van der Waals surface area contributed by atoms with Gasteiger partial charge in [-0.1, -0.05) is 69.1 Å². The van der Waals surface area contributed by atoms with E-state index in [1.54, 1.807) is 18.2 Å². The second-order valence-corrected chi connectivity index (χ2v) is 20.1. The summed E-state index contributed by atoms with van der Waals surface area (Å²) < 4.78 is 5.85. The zero-order valence-electron chi connectivity index (χ0n) is 36.9. The number of unbranched alkanes of at least 4 members (excludes halogenated alkanes) is 4. The molecule has 1 aromatic heterocycles. The third kappa shape index (κ3) is 10.8. The Morgan fingerprint density at radius 1 is 0.857 bits per heavy atom. The van der Waals surface area contributed by atoms with Crippen molar-refractivity contribution in [3.63, 3.8) is 0 Å². The van der Waals surface area contributed by atoms with Crippen LogP contribution in [0, 0.1) is 0 Å². The van der Waals surface area contributed by atoms with E-state index in [9.17, 15) is 14.4 Å². The van der Waals surface area contributed by atoms with Crippen LogP contribution in [0.25, 0.3) is 0 Å². The molecule has 0 bridgehead atoms. The van der Waals surface area contributed by atoms with Gasteiger partial charge in [-0.25, -0.2) is 4.98 Å². The monoisotopic (exact) mass is 893 g/mol. The van der Waals surface area contributed by atoms with Crippen LogP contribution in [0.1, 0.15) is 79.3 Å². The van der Waals surface area contributed by atoms with E-state index in [4.69, 9.17) is 21.3 Å². The standard InChI is InChI=1S/C48H61ClN9O4P/c1-62-42-30-35(17-18-39(42)52-48-50-31-38(49)45(54-48)51-40-15-8-9-16-43(40)63(2)3)56-24-21-34(22-25-56)57-28-26-55(27-29-57)23-10-6-4-5-7-12-33-13-11-14-36-37(33)32-58(47(36)61)41-19-20-44(59)53-46(41)60/h8-9,11,13-18,30-31,34,41H,4-7,10,12,19-29,32H2,1-3H3,(H,53,59,60)(H2,50,51,52,54). The zero-order valence-corrected chi connectivity index (χ0v) is 38.5. The van der Waals surface area contributed by atoms with Gasteiger partial charge in [0.25, 0.3) is 5.91 Å². The van der Waals surface area contributed by atoms with Gasteiger partial charge in [0.15, 0.2) is 5.82 Å². The number of piperidine rings is 2. The highest BCUT2D eigenvalue weighted by Gasteiger charge is 2.39. The van der Waals surface area contributed by atoms with Crippen molar-refractivity contribution in [3.8, 4) is 5.75 Å². The molecule has 63 heavy (non-hydrogen) atoms. The number of nitrogens with one attached hydrogen (secondary N) is 3. The lowest BCUT2D eigenvalue weighted by Crippen LogP contribution is -2.53. The third-order valence-corrected chi connectivity index (χ3v) is 14.8. The Morgan fingerprint density at radius 3 is 2.41 bits per heavy atom. The molecule has 4 aromatic rings. The smallest absolute Gasteiger partial charge is 0.255 e. The molecule has 0 radical (unpaired) electrons. The maximum absolute atomic E-state index is 13.2. The van der Waals surface area contributed by atoms with Gasteiger partial charge in [0, 0.05) is 81.3 Å². The van der Waals surface area contributed by atoms with E-state index in [0.717, 1.165) is 93.3 Å². The van der Waals surface area contributed by atoms with Crippen molar-refractivity contribution in [2.75, 3.05) is 81.8 Å². The van der Waals surface area contributed by atoms with Gasteiger partial charge >= 0.3 is 0 Å². The maximum Gasteiger partial charge on any atom is 0.255 e.